The maximum Gasteiger partial charge on any atom is 0.315 e. The van der Waals surface area contributed by atoms with Crippen LogP contribution in [-0.4, -0.2) is 59.7 Å². The van der Waals surface area contributed by atoms with Crippen molar-refractivity contribution >= 4 is 33.8 Å². The lowest BCUT2D eigenvalue weighted by Crippen LogP contribution is -2.56. The standard InChI is InChI=1S/C16H40O5Si4/c1-22(2,3)19-24(7,8)21-25(9,20-23(4,5)6)13-11-10-12-17-14-16-15-18-16/h16H,10-15H2,1-9H3. The number of epoxide rings is 1. The summed E-state index contributed by atoms with van der Waals surface area (Å²) in [5, 5.41) is 0. The van der Waals surface area contributed by atoms with Crippen molar-refractivity contribution in [1.29, 1.82) is 0 Å². The van der Waals surface area contributed by atoms with Crippen LogP contribution < -0.4 is 0 Å². The second-order valence-corrected chi connectivity index (χ2v) is 26.0. The fraction of sp³-hybridized carbons (Fsp3) is 1.00. The Balaban J connectivity index is 2.52. The molecule has 1 aliphatic rings. The van der Waals surface area contributed by atoms with Gasteiger partial charge in [-0.1, -0.05) is 0 Å². The highest BCUT2D eigenvalue weighted by Gasteiger charge is 2.44. The maximum absolute atomic E-state index is 6.67. The van der Waals surface area contributed by atoms with Crippen molar-refractivity contribution in [3.8, 4) is 0 Å². The van der Waals surface area contributed by atoms with Gasteiger partial charge in [-0.25, -0.2) is 0 Å². The Kier molecular flexibility index (Phi) is 8.76. The number of hydrogen-bond donors (Lipinski definition) is 0. The average molecular weight is 425 g/mol. The Morgan fingerprint density at radius 1 is 0.800 bits per heavy atom. The SMILES string of the molecule is C[Si](C)(C)O[Si](C)(C)O[Si](C)(CCCCOCC1CO1)O[Si](C)(C)C. The monoisotopic (exact) mass is 424 g/mol. The largest absolute Gasteiger partial charge is 0.437 e. The first-order valence-corrected chi connectivity index (χ1v) is 21.7. The van der Waals surface area contributed by atoms with Crippen molar-refractivity contribution in [3.05, 3.63) is 0 Å². The molecule has 1 fully saturated rings. The van der Waals surface area contributed by atoms with Gasteiger partial charge in [-0.2, -0.15) is 0 Å². The van der Waals surface area contributed by atoms with Gasteiger partial charge < -0.3 is 21.8 Å². The summed E-state index contributed by atoms with van der Waals surface area (Å²) in [7, 11) is -7.72. The molecule has 9 heteroatoms. The molecule has 0 aromatic carbocycles. The first kappa shape index (κ1) is 23.7. The molecule has 150 valence electrons. The quantitative estimate of drug-likeness (QED) is 0.244. The average Bonchev–Trinajstić information content (AvgIpc) is 3.10. The highest BCUT2D eigenvalue weighted by molar-refractivity contribution is 6.89. The molecule has 2 atom stereocenters. The minimum Gasteiger partial charge on any atom is -0.437 e. The van der Waals surface area contributed by atoms with Crippen LogP contribution in [0.25, 0.3) is 0 Å². The fourth-order valence-electron chi connectivity index (χ4n) is 3.08. The van der Waals surface area contributed by atoms with E-state index in [4.69, 9.17) is 21.8 Å². The topological polar surface area (TPSA) is 49.5 Å². The van der Waals surface area contributed by atoms with Crippen molar-refractivity contribution in [1.82, 2.24) is 0 Å². The lowest BCUT2D eigenvalue weighted by molar-refractivity contribution is 0.113. The molecule has 0 aromatic rings. The first-order chi connectivity index (χ1) is 11.2. The summed E-state index contributed by atoms with van der Waals surface area (Å²) >= 11 is 0. The summed E-state index contributed by atoms with van der Waals surface area (Å²) in [5.74, 6) is 0. The number of ether oxygens (including phenoxy) is 2. The summed E-state index contributed by atoms with van der Waals surface area (Å²) in [6.45, 7) is 22.4. The minimum atomic E-state index is -2.25. The lowest BCUT2D eigenvalue weighted by Gasteiger charge is -2.41. The van der Waals surface area contributed by atoms with Crippen molar-refractivity contribution in [3.63, 3.8) is 0 Å². The Morgan fingerprint density at radius 2 is 1.36 bits per heavy atom. The van der Waals surface area contributed by atoms with Gasteiger partial charge in [-0.05, 0) is 77.8 Å². The number of unbranched alkanes of at least 4 members (excludes halogenated alkanes) is 1. The van der Waals surface area contributed by atoms with Crippen LogP contribution in [0.15, 0.2) is 0 Å². The number of rotatable bonds is 13. The van der Waals surface area contributed by atoms with Crippen LogP contribution in [0.2, 0.25) is 65.0 Å². The zero-order valence-electron chi connectivity index (χ0n) is 17.9. The molecule has 0 aliphatic carbocycles. The molecule has 5 nitrogen and oxygen atoms in total. The molecule has 0 radical (unpaired) electrons. The normalized spacial score (nSPS) is 21.2. The molecule has 1 saturated heterocycles. The third-order valence-corrected chi connectivity index (χ3v) is 17.0. The van der Waals surface area contributed by atoms with Gasteiger partial charge >= 0.3 is 17.1 Å². The number of hydrogen-bond acceptors (Lipinski definition) is 5. The Morgan fingerprint density at radius 3 is 1.84 bits per heavy atom. The molecule has 1 aliphatic heterocycles. The van der Waals surface area contributed by atoms with Crippen LogP contribution in [0.5, 0.6) is 0 Å². The van der Waals surface area contributed by atoms with E-state index in [0.717, 1.165) is 38.7 Å². The van der Waals surface area contributed by atoms with E-state index in [9.17, 15) is 0 Å². The van der Waals surface area contributed by atoms with Crippen molar-refractivity contribution < 1.29 is 21.8 Å². The smallest absolute Gasteiger partial charge is 0.315 e. The van der Waals surface area contributed by atoms with Crippen LogP contribution in [0, 0.1) is 0 Å². The summed E-state index contributed by atoms with van der Waals surface area (Å²) in [6.07, 6.45) is 2.48. The van der Waals surface area contributed by atoms with E-state index in [1.54, 1.807) is 0 Å². The summed E-state index contributed by atoms with van der Waals surface area (Å²) in [6, 6.07) is 1.01. The lowest BCUT2D eigenvalue weighted by atomic mass is 10.3. The summed E-state index contributed by atoms with van der Waals surface area (Å²) < 4.78 is 30.5. The van der Waals surface area contributed by atoms with Crippen LogP contribution >= 0.6 is 0 Å². The second-order valence-electron chi connectivity index (χ2n) is 9.55. The van der Waals surface area contributed by atoms with Gasteiger partial charge in [-0.3, -0.25) is 0 Å². The zero-order chi connectivity index (χ0) is 19.4. The highest BCUT2D eigenvalue weighted by Crippen LogP contribution is 2.28. The molecule has 1 heterocycles. The van der Waals surface area contributed by atoms with Gasteiger partial charge in [0, 0.05) is 6.61 Å². The highest BCUT2D eigenvalue weighted by atomic mass is 28.5. The Labute approximate surface area is 159 Å². The molecule has 0 N–H and O–H groups in total. The first-order valence-electron chi connectivity index (χ1n) is 9.50. The molecule has 0 aromatic heterocycles. The van der Waals surface area contributed by atoms with E-state index in [0.29, 0.717) is 6.10 Å². The Hall–Kier alpha value is 0.668. The van der Waals surface area contributed by atoms with Gasteiger partial charge in [0.15, 0.2) is 16.6 Å². The van der Waals surface area contributed by atoms with Crippen molar-refractivity contribution in [2.24, 2.45) is 0 Å². The van der Waals surface area contributed by atoms with E-state index >= 15 is 0 Å². The van der Waals surface area contributed by atoms with Gasteiger partial charge in [0.1, 0.15) is 6.10 Å². The van der Waals surface area contributed by atoms with E-state index in [1.165, 1.54) is 0 Å². The van der Waals surface area contributed by atoms with Gasteiger partial charge in [0.05, 0.1) is 13.2 Å². The molecule has 0 spiro atoms. The predicted molar refractivity (Wildman–Crippen MR) is 114 cm³/mol. The van der Waals surface area contributed by atoms with E-state index in [1.807, 2.05) is 0 Å². The molecule has 2 unspecified atom stereocenters. The van der Waals surface area contributed by atoms with Gasteiger partial charge in [0.2, 0.25) is 0 Å². The van der Waals surface area contributed by atoms with E-state index in [2.05, 4.69) is 58.9 Å². The Bertz CT molecular complexity index is 404. The van der Waals surface area contributed by atoms with E-state index < -0.39 is 33.8 Å². The second kappa shape index (κ2) is 9.24. The molecular formula is C16H40O5Si4. The molecule has 0 bridgehead atoms. The fourth-order valence-corrected chi connectivity index (χ4v) is 21.1. The molecule has 0 saturated carbocycles. The minimum absolute atomic E-state index is 0.351. The predicted octanol–water partition coefficient (Wildman–Crippen LogP) is 4.68. The van der Waals surface area contributed by atoms with Crippen molar-refractivity contribution in [2.45, 2.75) is 83.9 Å². The van der Waals surface area contributed by atoms with Crippen LogP contribution in [0.4, 0.5) is 0 Å². The molecular weight excluding hydrogens is 385 g/mol. The maximum atomic E-state index is 6.67. The van der Waals surface area contributed by atoms with Crippen LogP contribution in [-0.2, 0) is 21.8 Å². The van der Waals surface area contributed by atoms with Gasteiger partial charge in [0.25, 0.3) is 0 Å². The molecule has 1 rings (SSSR count). The van der Waals surface area contributed by atoms with Crippen molar-refractivity contribution in [2.75, 3.05) is 19.8 Å². The van der Waals surface area contributed by atoms with Crippen LogP contribution in [0.1, 0.15) is 12.8 Å². The van der Waals surface area contributed by atoms with E-state index in [-0.39, 0.29) is 0 Å². The third kappa shape index (κ3) is 12.6. The van der Waals surface area contributed by atoms with Crippen LogP contribution in [0.3, 0.4) is 0 Å². The van der Waals surface area contributed by atoms with Gasteiger partial charge in [-0.15, -0.1) is 0 Å². The molecule has 25 heavy (non-hydrogen) atoms. The molecule has 0 amide bonds. The zero-order valence-corrected chi connectivity index (χ0v) is 21.9. The summed E-state index contributed by atoms with van der Waals surface area (Å²) in [5.41, 5.74) is 0. The third-order valence-electron chi connectivity index (χ3n) is 3.41. The summed E-state index contributed by atoms with van der Waals surface area (Å²) in [4.78, 5) is 0.